The molecule has 8 nitrogen and oxygen atoms in total. The van der Waals surface area contributed by atoms with E-state index in [4.69, 9.17) is 4.43 Å². The number of piperidine rings is 2. The molecule has 3 saturated heterocycles. The number of nitrogens with zero attached hydrogens (tertiary/aromatic N) is 4. The van der Waals surface area contributed by atoms with Crippen molar-refractivity contribution in [2.75, 3.05) is 62.2 Å². The molecule has 4 aromatic carbocycles. The molecule has 60 heavy (non-hydrogen) atoms. The second-order valence-corrected chi connectivity index (χ2v) is 24.5. The summed E-state index contributed by atoms with van der Waals surface area (Å²) in [6.07, 6.45) is 6.32. The van der Waals surface area contributed by atoms with Gasteiger partial charge in [-0.25, -0.2) is 0 Å². The molecule has 4 aromatic rings. The third-order valence-electron chi connectivity index (χ3n) is 15.0. The standard InChI is InChI=1S/C51H65N5O3Si/c1-51(2,3)60(4,5)59-43-19-22-45-39(33-43)15-20-44(37-10-7-6-8-11-37)48(45)38-13-16-41(17-14-38)54-26-23-36(24-27-54)34-53-28-30-55(31-29-53)42-18-21-46-40(32-42)35-56(50(46)58)47-12-9-25-52-49(47)57/h6-8,10-11,13-14,16-19,21-22,32-33,36,44,47-48H,9,12,15,20,23-31,34-35H2,1-5H3,(H,52,57)/t44-,47+,48+/m1/s1. The number of rotatable bonds is 9. The molecule has 4 heterocycles. The average Bonchev–Trinajstić information content (AvgIpc) is 3.58. The van der Waals surface area contributed by atoms with Crippen LogP contribution in [0, 0.1) is 5.92 Å². The van der Waals surface area contributed by atoms with E-state index in [-0.39, 0.29) is 22.9 Å². The zero-order valence-corrected chi connectivity index (χ0v) is 37.6. The Hall–Kier alpha value is -4.60. The number of piperazine rings is 1. The molecule has 3 fully saturated rings. The van der Waals surface area contributed by atoms with E-state index in [1.807, 2.05) is 6.07 Å². The maximum atomic E-state index is 13.2. The highest BCUT2D eigenvalue weighted by molar-refractivity contribution is 6.74. The molecule has 0 bridgehead atoms. The number of anilines is 2. The topological polar surface area (TPSA) is 68.4 Å². The number of nitrogens with one attached hydrogen (secondary N) is 1. The van der Waals surface area contributed by atoms with Crippen LogP contribution < -0.4 is 19.5 Å². The van der Waals surface area contributed by atoms with Crippen molar-refractivity contribution in [2.45, 2.75) is 102 Å². The largest absolute Gasteiger partial charge is 0.543 e. The maximum absolute atomic E-state index is 13.2. The second-order valence-electron chi connectivity index (χ2n) is 19.8. The third kappa shape index (κ3) is 8.24. The van der Waals surface area contributed by atoms with E-state index in [1.165, 1.54) is 53.0 Å². The first kappa shape index (κ1) is 40.8. The Kier molecular flexibility index (Phi) is 11.3. The second kappa shape index (κ2) is 16.7. The van der Waals surface area contributed by atoms with Gasteiger partial charge in [0.2, 0.25) is 14.2 Å². The van der Waals surface area contributed by atoms with E-state index in [0.717, 1.165) is 87.7 Å². The number of benzene rings is 4. The Labute approximate surface area is 359 Å². The summed E-state index contributed by atoms with van der Waals surface area (Å²) < 4.78 is 6.78. The molecule has 3 atom stereocenters. The van der Waals surface area contributed by atoms with Gasteiger partial charge in [-0.15, -0.1) is 0 Å². The van der Waals surface area contributed by atoms with Gasteiger partial charge in [-0.2, -0.15) is 0 Å². The maximum Gasteiger partial charge on any atom is 0.255 e. The van der Waals surface area contributed by atoms with Crippen LogP contribution in [0.1, 0.15) is 103 Å². The first-order valence-electron chi connectivity index (χ1n) is 22.8. The molecule has 9 heteroatoms. The predicted molar refractivity (Wildman–Crippen MR) is 246 cm³/mol. The molecule has 1 N–H and O–H groups in total. The van der Waals surface area contributed by atoms with Crippen LogP contribution >= 0.6 is 0 Å². The smallest absolute Gasteiger partial charge is 0.255 e. The van der Waals surface area contributed by atoms with Gasteiger partial charge in [0.05, 0.1) is 0 Å². The number of carbonyl (C=O) groups excluding carboxylic acids is 2. The van der Waals surface area contributed by atoms with E-state index in [1.54, 1.807) is 4.90 Å². The fraction of sp³-hybridized carbons (Fsp3) is 0.490. The van der Waals surface area contributed by atoms with Gasteiger partial charge < -0.3 is 24.4 Å². The van der Waals surface area contributed by atoms with Crippen LogP contribution in [-0.2, 0) is 17.8 Å². The van der Waals surface area contributed by atoms with Gasteiger partial charge in [0.1, 0.15) is 11.8 Å². The monoisotopic (exact) mass is 823 g/mol. The van der Waals surface area contributed by atoms with Crippen molar-refractivity contribution in [3.8, 4) is 5.75 Å². The van der Waals surface area contributed by atoms with E-state index in [9.17, 15) is 9.59 Å². The molecule has 2 amide bonds. The highest BCUT2D eigenvalue weighted by atomic mass is 28.4. The molecule has 0 saturated carbocycles. The molecule has 0 radical (unpaired) electrons. The zero-order chi connectivity index (χ0) is 41.6. The lowest BCUT2D eigenvalue weighted by atomic mass is 9.69. The number of fused-ring (bicyclic) bond motifs is 2. The Morgan fingerprint density at radius 1 is 0.733 bits per heavy atom. The van der Waals surface area contributed by atoms with Crippen LogP contribution in [0.2, 0.25) is 18.1 Å². The van der Waals surface area contributed by atoms with E-state index >= 15 is 0 Å². The Morgan fingerprint density at radius 2 is 1.45 bits per heavy atom. The lowest BCUT2D eigenvalue weighted by molar-refractivity contribution is -0.127. The lowest BCUT2D eigenvalue weighted by Crippen LogP contribution is -2.50. The summed E-state index contributed by atoms with van der Waals surface area (Å²) in [5, 5.41) is 3.10. The van der Waals surface area contributed by atoms with Gasteiger partial charge >= 0.3 is 0 Å². The van der Waals surface area contributed by atoms with Gasteiger partial charge in [0.15, 0.2) is 0 Å². The molecular weight excluding hydrogens is 759 g/mol. The Balaban J connectivity index is 0.800. The molecule has 1 aliphatic carbocycles. The predicted octanol–water partition coefficient (Wildman–Crippen LogP) is 9.21. The number of hydrogen-bond acceptors (Lipinski definition) is 6. The summed E-state index contributed by atoms with van der Waals surface area (Å²) in [5.41, 5.74) is 10.1. The highest BCUT2D eigenvalue weighted by Gasteiger charge is 2.40. The van der Waals surface area contributed by atoms with Crippen LogP contribution in [0.3, 0.4) is 0 Å². The van der Waals surface area contributed by atoms with Crippen LogP contribution in [-0.4, -0.2) is 88.3 Å². The molecule has 316 valence electrons. The van der Waals surface area contributed by atoms with Crippen LogP contribution in [0.25, 0.3) is 0 Å². The van der Waals surface area contributed by atoms with E-state index < -0.39 is 8.32 Å². The first-order valence-corrected chi connectivity index (χ1v) is 25.7. The van der Waals surface area contributed by atoms with Crippen LogP contribution in [0.4, 0.5) is 11.4 Å². The minimum atomic E-state index is -1.93. The highest BCUT2D eigenvalue weighted by Crippen LogP contribution is 2.48. The number of aryl methyl sites for hydroxylation is 1. The minimum absolute atomic E-state index is 0.00361. The van der Waals surface area contributed by atoms with Gasteiger partial charge in [-0.3, -0.25) is 14.5 Å². The van der Waals surface area contributed by atoms with Crippen LogP contribution in [0.15, 0.2) is 91.0 Å². The molecule has 0 aromatic heterocycles. The van der Waals surface area contributed by atoms with Crippen molar-refractivity contribution in [3.05, 3.63) is 124 Å². The molecule has 0 spiro atoms. The molecule has 4 aliphatic heterocycles. The van der Waals surface area contributed by atoms with Gasteiger partial charge in [0, 0.05) is 81.8 Å². The van der Waals surface area contributed by atoms with Crippen molar-refractivity contribution in [1.82, 2.24) is 15.1 Å². The van der Waals surface area contributed by atoms with Crippen molar-refractivity contribution in [3.63, 3.8) is 0 Å². The fourth-order valence-corrected chi connectivity index (χ4v) is 11.5. The van der Waals surface area contributed by atoms with Crippen LogP contribution in [0.5, 0.6) is 5.75 Å². The first-order chi connectivity index (χ1) is 28.9. The normalized spacial score (nSPS) is 23.0. The van der Waals surface area contributed by atoms with E-state index in [2.05, 4.69) is 139 Å². The average molecular weight is 824 g/mol. The molecular formula is C51H65N5O3Si. The number of amides is 2. The van der Waals surface area contributed by atoms with Gasteiger partial charge in [0.25, 0.3) is 5.91 Å². The van der Waals surface area contributed by atoms with Crippen molar-refractivity contribution < 1.29 is 14.0 Å². The summed E-state index contributed by atoms with van der Waals surface area (Å²) in [5.74, 6) is 2.49. The number of hydrogen-bond donors (Lipinski definition) is 1. The summed E-state index contributed by atoms with van der Waals surface area (Å²) in [4.78, 5) is 35.2. The SMILES string of the molecule is CC(C)(C)[Si](C)(C)Oc1ccc2c(c1)CC[C@H](c1ccccc1)[C@@H]2c1ccc(N2CCC(CN3CCN(c4ccc5c(c4)CN([C@H]4CCCNC4=O)C5=O)CC3)CC2)cc1. The molecule has 9 rings (SSSR count). The third-order valence-corrected chi connectivity index (χ3v) is 19.4. The number of carbonyl (C=O) groups is 2. The quantitative estimate of drug-likeness (QED) is 0.170. The minimum Gasteiger partial charge on any atom is -0.543 e. The summed E-state index contributed by atoms with van der Waals surface area (Å²) >= 11 is 0. The molecule has 0 unspecified atom stereocenters. The Morgan fingerprint density at radius 3 is 2.17 bits per heavy atom. The Bertz CT molecular complexity index is 2170. The zero-order valence-electron chi connectivity index (χ0n) is 36.6. The van der Waals surface area contributed by atoms with Crippen molar-refractivity contribution in [1.29, 1.82) is 0 Å². The lowest BCUT2D eigenvalue weighted by Gasteiger charge is -2.40. The summed E-state index contributed by atoms with van der Waals surface area (Å²) in [7, 11) is -1.93. The van der Waals surface area contributed by atoms with Gasteiger partial charge in [-0.05, 0) is 139 Å². The van der Waals surface area contributed by atoms with E-state index in [0.29, 0.717) is 24.9 Å². The van der Waals surface area contributed by atoms with Gasteiger partial charge in [-0.1, -0.05) is 69.3 Å². The molecule has 5 aliphatic rings. The fourth-order valence-electron chi connectivity index (χ4n) is 10.4. The van der Waals surface area contributed by atoms with Crippen molar-refractivity contribution >= 4 is 31.5 Å². The summed E-state index contributed by atoms with van der Waals surface area (Å²) in [6.45, 7) is 20.3. The van der Waals surface area contributed by atoms with Crippen molar-refractivity contribution in [2.24, 2.45) is 5.92 Å². The summed E-state index contributed by atoms with van der Waals surface area (Å²) in [6, 6.07) is 33.7.